The second-order valence-corrected chi connectivity index (χ2v) is 5.04. The number of likely N-dealkylation sites (tertiary alicyclic amines) is 1. The first-order valence-corrected chi connectivity index (χ1v) is 6.67. The van der Waals surface area contributed by atoms with Gasteiger partial charge in [-0.15, -0.1) is 0 Å². The highest BCUT2D eigenvalue weighted by molar-refractivity contribution is 5.19. The molecule has 2 heteroatoms. The minimum absolute atomic E-state index is 0.701. The Morgan fingerprint density at radius 1 is 1.33 bits per heavy atom. The van der Waals surface area contributed by atoms with E-state index in [9.17, 15) is 0 Å². The first-order valence-electron chi connectivity index (χ1n) is 6.67. The average molecular weight is 246 g/mol. The first kappa shape index (κ1) is 14.8. The van der Waals surface area contributed by atoms with Crippen LogP contribution in [-0.4, -0.2) is 29.9 Å². The molecule has 2 nitrogen and oxygen atoms in total. The van der Waals surface area contributed by atoms with Crippen molar-refractivity contribution in [3.8, 4) is 0 Å². The van der Waals surface area contributed by atoms with Crippen LogP contribution < -0.4 is 0 Å². The molecular formula is C16H26N2. The van der Waals surface area contributed by atoms with Crippen molar-refractivity contribution in [2.75, 3.05) is 20.1 Å². The second kappa shape index (κ2) is 7.22. The summed E-state index contributed by atoms with van der Waals surface area (Å²) in [5.74, 6) is 0.701. The van der Waals surface area contributed by atoms with Crippen molar-refractivity contribution < 1.29 is 0 Å². The molecule has 1 fully saturated rings. The van der Waals surface area contributed by atoms with Gasteiger partial charge in [-0.1, -0.05) is 24.8 Å². The van der Waals surface area contributed by atoms with Gasteiger partial charge in [-0.3, -0.25) is 0 Å². The Kier molecular flexibility index (Phi) is 5.93. The van der Waals surface area contributed by atoms with Crippen LogP contribution >= 0.6 is 0 Å². The van der Waals surface area contributed by atoms with Crippen LogP contribution in [0.2, 0.25) is 0 Å². The van der Waals surface area contributed by atoms with E-state index < -0.39 is 0 Å². The Morgan fingerprint density at radius 3 is 2.44 bits per heavy atom. The van der Waals surface area contributed by atoms with Gasteiger partial charge in [0.05, 0.1) is 0 Å². The minimum Gasteiger partial charge on any atom is -0.325 e. The quantitative estimate of drug-likeness (QED) is 0.681. The Labute approximate surface area is 112 Å². The van der Waals surface area contributed by atoms with Gasteiger partial charge in [0.2, 0.25) is 0 Å². The number of rotatable bonds is 5. The monoisotopic (exact) mass is 246 g/mol. The summed E-state index contributed by atoms with van der Waals surface area (Å²) in [6, 6.07) is 0. The third-order valence-electron chi connectivity index (χ3n) is 3.58. The minimum atomic E-state index is 0.701. The number of hydrogen-bond donors (Lipinski definition) is 0. The molecule has 0 saturated carbocycles. The third kappa shape index (κ3) is 4.19. The van der Waals surface area contributed by atoms with Crippen molar-refractivity contribution in [2.45, 2.75) is 26.7 Å². The summed E-state index contributed by atoms with van der Waals surface area (Å²) in [6.07, 6.45) is 10.5. The molecule has 0 aliphatic carbocycles. The van der Waals surface area contributed by atoms with Gasteiger partial charge < -0.3 is 9.80 Å². The Balaban J connectivity index is 2.72. The van der Waals surface area contributed by atoms with Crippen LogP contribution in [0.5, 0.6) is 0 Å². The highest BCUT2D eigenvalue weighted by atomic mass is 15.1. The molecule has 0 aromatic rings. The zero-order chi connectivity index (χ0) is 13.5. The fraction of sp³-hybridized carbons (Fsp3) is 0.500. The Morgan fingerprint density at radius 2 is 1.94 bits per heavy atom. The lowest BCUT2D eigenvalue weighted by atomic mass is 9.90. The normalized spacial score (nSPS) is 19.2. The SMILES string of the molecule is C=CC(=C)N(/C=C\C)/C=C(\C)C1CCN(C)CC1. The van der Waals surface area contributed by atoms with Gasteiger partial charge in [-0.05, 0) is 58.8 Å². The third-order valence-corrected chi connectivity index (χ3v) is 3.58. The number of piperidine rings is 1. The van der Waals surface area contributed by atoms with Crippen molar-refractivity contribution in [1.29, 1.82) is 0 Å². The molecule has 0 aromatic heterocycles. The molecule has 0 radical (unpaired) electrons. The van der Waals surface area contributed by atoms with E-state index >= 15 is 0 Å². The van der Waals surface area contributed by atoms with Crippen molar-refractivity contribution in [2.24, 2.45) is 5.92 Å². The molecule has 1 heterocycles. The topological polar surface area (TPSA) is 6.48 Å². The van der Waals surface area contributed by atoms with Crippen LogP contribution in [0.15, 0.2) is 49.0 Å². The van der Waals surface area contributed by atoms with Gasteiger partial charge >= 0.3 is 0 Å². The average Bonchev–Trinajstić information content (AvgIpc) is 2.38. The fourth-order valence-corrected chi connectivity index (χ4v) is 2.28. The van der Waals surface area contributed by atoms with Gasteiger partial charge in [0.25, 0.3) is 0 Å². The van der Waals surface area contributed by atoms with Crippen LogP contribution in [-0.2, 0) is 0 Å². The summed E-state index contributed by atoms with van der Waals surface area (Å²) in [7, 11) is 2.20. The molecule has 1 rings (SSSR count). The zero-order valence-corrected chi connectivity index (χ0v) is 12.0. The summed E-state index contributed by atoms with van der Waals surface area (Å²) in [6.45, 7) is 14.4. The Bertz CT molecular complexity index is 344. The van der Waals surface area contributed by atoms with Gasteiger partial charge in [-0.25, -0.2) is 0 Å². The second-order valence-electron chi connectivity index (χ2n) is 5.04. The Hall–Kier alpha value is -1.28. The van der Waals surface area contributed by atoms with Gasteiger partial charge in [0.1, 0.15) is 0 Å². The van der Waals surface area contributed by atoms with Crippen molar-refractivity contribution in [3.05, 3.63) is 49.0 Å². The van der Waals surface area contributed by atoms with Gasteiger partial charge in [0.15, 0.2) is 0 Å². The molecule has 100 valence electrons. The molecule has 1 saturated heterocycles. The van der Waals surface area contributed by atoms with Crippen LogP contribution in [0.4, 0.5) is 0 Å². The lowest BCUT2D eigenvalue weighted by Crippen LogP contribution is -2.30. The molecule has 1 aliphatic rings. The lowest BCUT2D eigenvalue weighted by Gasteiger charge is -2.30. The molecule has 0 amide bonds. The first-order chi connectivity index (χ1) is 8.58. The van der Waals surface area contributed by atoms with Crippen LogP contribution in [0.25, 0.3) is 0 Å². The molecule has 1 aliphatic heterocycles. The summed E-state index contributed by atoms with van der Waals surface area (Å²) in [5, 5.41) is 0. The molecule has 0 atom stereocenters. The largest absolute Gasteiger partial charge is 0.325 e. The highest BCUT2D eigenvalue weighted by Crippen LogP contribution is 2.24. The molecule has 0 N–H and O–H groups in total. The van der Waals surface area contributed by atoms with Crippen molar-refractivity contribution >= 4 is 0 Å². The summed E-state index contributed by atoms with van der Waals surface area (Å²) in [5.41, 5.74) is 2.35. The number of allylic oxidation sites excluding steroid dienone is 3. The molecule has 0 spiro atoms. The molecule has 0 unspecified atom stereocenters. The van der Waals surface area contributed by atoms with E-state index in [-0.39, 0.29) is 0 Å². The maximum atomic E-state index is 4.01. The lowest BCUT2D eigenvalue weighted by molar-refractivity contribution is 0.237. The van der Waals surface area contributed by atoms with E-state index in [0.29, 0.717) is 5.92 Å². The molecule has 0 bridgehead atoms. The maximum Gasteiger partial charge on any atom is 0.0371 e. The maximum absolute atomic E-state index is 4.01. The molecule has 0 aromatic carbocycles. The smallest absolute Gasteiger partial charge is 0.0371 e. The molecule has 18 heavy (non-hydrogen) atoms. The standard InChI is InChI=1S/C16H26N2/c1-6-10-18(15(4)7-2)13-14(3)16-8-11-17(5)12-9-16/h6-7,10,13,16H,2,4,8-9,11-12H2,1,3,5H3/b10-6-,14-13+. The van der Waals surface area contributed by atoms with E-state index in [1.54, 1.807) is 6.08 Å². The van der Waals surface area contributed by atoms with E-state index in [2.05, 4.69) is 43.1 Å². The highest BCUT2D eigenvalue weighted by Gasteiger charge is 2.18. The van der Waals surface area contributed by atoms with Crippen LogP contribution in [0.3, 0.4) is 0 Å². The molecular weight excluding hydrogens is 220 g/mol. The van der Waals surface area contributed by atoms with Crippen LogP contribution in [0.1, 0.15) is 26.7 Å². The van der Waals surface area contributed by atoms with E-state index in [4.69, 9.17) is 0 Å². The van der Waals surface area contributed by atoms with Gasteiger partial charge in [0, 0.05) is 18.1 Å². The number of hydrogen-bond acceptors (Lipinski definition) is 2. The predicted molar refractivity (Wildman–Crippen MR) is 80.0 cm³/mol. The predicted octanol–water partition coefficient (Wildman–Crippen LogP) is 3.77. The number of nitrogens with zero attached hydrogens (tertiary/aromatic N) is 2. The summed E-state index contributed by atoms with van der Waals surface area (Å²) >= 11 is 0. The summed E-state index contributed by atoms with van der Waals surface area (Å²) < 4.78 is 0. The summed E-state index contributed by atoms with van der Waals surface area (Å²) in [4.78, 5) is 4.46. The van der Waals surface area contributed by atoms with E-state index in [0.717, 1.165) is 5.70 Å². The van der Waals surface area contributed by atoms with E-state index in [1.165, 1.54) is 31.5 Å². The van der Waals surface area contributed by atoms with Crippen molar-refractivity contribution in [1.82, 2.24) is 9.80 Å². The van der Waals surface area contributed by atoms with Gasteiger partial charge in [-0.2, -0.15) is 0 Å². The van der Waals surface area contributed by atoms with Crippen molar-refractivity contribution in [3.63, 3.8) is 0 Å². The fourth-order valence-electron chi connectivity index (χ4n) is 2.28. The van der Waals surface area contributed by atoms with Crippen LogP contribution in [0, 0.1) is 5.92 Å². The zero-order valence-electron chi connectivity index (χ0n) is 12.0. The van der Waals surface area contributed by atoms with E-state index in [1.807, 2.05) is 19.2 Å².